The van der Waals surface area contributed by atoms with Crippen molar-refractivity contribution < 1.29 is 29.6 Å². The van der Waals surface area contributed by atoms with E-state index in [4.69, 9.17) is 25.4 Å². The van der Waals surface area contributed by atoms with Gasteiger partial charge in [-0.25, -0.2) is 9.59 Å². The minimum absolute atomic E-state index is 0.0572. The second kappa shape index (κ2) is 9.26. The Labute approximate surface area is 158 Å². The number of methoxy groups -OCH3 is 1. The summed E-state index contributed by atoms with van der Waals surface area (Å²) in [5.74, 6) is -0.536. The lowest BCUT2D eigenvalue weighted by Crippen LogP contribution is -2.28. The van der Waals surface area contributed by atoms with Crippen LogP contribution in [-0.4, -0.2) is 55.7 Å². The lowest BCUT2D eigenvalue weighted by molar-refractivity contribution is -0.00629. The number of aromatic nitrogens is 2. The highest BCUT2D eigenvalue weighted by Gasteiger charge is 2.27. The van der Waals surface area contributed by atoms with E-state index in [0.717, 1.165) is 0 Å². The van der Waals surface area contributed by atoms with E-state index in [1.807, 2.05) is 0 Å². The summed E-state index contributed by atoms with van der Waals surface area (Å²) in [7, 11) is 1.36. The van der Waals surface area contributed by atoms with Crippen LogP contribution in [0.4, 0.5) is 5.82 Å². The highest BCUT2D eigenvalue weighted by Crippen LogP contribution is 2.30. The Morgan fingerprint density at radius 3 is 2.78 bits per heavy atom. The predicted molar refractivity (Wildman–Crippen MR) is 98.0 cm³/mol. The van der Waals surface area contributed by atoms with Gasteiger partial charge in [-0.2, -0.15) is 4.98 Å². The van der Waals surface area contributed by atoms with Crippen LogP contribution in [0.25, 0.3) is 0 Å². The molecule has 2 aromatic rings. The van der Waals surface area contributed by atoms with Gasteiger partial charge in [0.15, 0.2) is 11.5 Å². The molecule has 0 unspecified atom stereocenters. The minimum Gasteiger partial charge on any atom is -0.504 e. The molecule has 0 amide bonds. The molecule has 2 heterocycles. The maximum Gasteiger partial charge on any atom is 0.351 e. The Hall–Kier alpha value is -2.76. The Morgan fingerprint density at radius 2 is 2.22 bits per heavy atom. The molecule has 1 aliphatic heterocycles. The first-order valence-electron chi connectivity index (χ1n) is 7.69. The van der Waals surface area contributed by atoms with Gasteiger partial charge < -0.3 is 30.5 Å². The summed E-state index contributed by atoms with van der Waals surface area (Å²) < 4.78 is 11.5. The summed E-state index contributed by atoms with van der Waals surface area (Å²) in [5, 5.41) is 26.7. The summed E-state index contributed by atoms with van der Waals surface area (Å²) in [6, 6.07) is 5.84. The first kappa shape index (κ1) is 20.6. The number of carbonyl (C=O) groups is 1. The molecular weight excluding hydrogens is 378 g/mol. The van der Waals surface area contributed by atoms with E-state index in [2.05, 4.69) is 4.98 Å². The highest BCUT2D eigenvalue weighted by atomic mass is 32.2. The van der Waals surface area contributed by atoms with E-state index < -0.39 is 11.7 Å². The topological polar surface area (TPSA) is 157 Å². The first-order valence-corrected chi connectivity index (χ1v) is 8.74. The second-order valence-corrected chi connectivity index (χ2v) is 6.43. The highest BCUT2D eigenvalue weighted by molar-refractivity contribution is 8.00. The molecule has 146 valence electrons. The van der Waals surface area contributed by atoms with Crippen LogP contribution in [0.5, 0.6) is 11.5 Å². The number of carboxylic acids is 1. The number of nitrogen functional groups attached to an aromatic ring is 1. The van der Waals surface area contributed by atoms with E-state index >= 15 is 0 Å². The van der Waals surface area contributed by atoms with Crippen molar-refractivity contribution in [3.63, 3.8) is 0 Å². The van der Waals surface area contributed by atoms with Gasteiger partial charge in [-0.3, -0.25) is 4.57 Å². The molecule has 1 fully saturated rings. The van der Waals surface area contributed by atoms with E-state index in [1.54, 1.807) is 12.3 Å². The number of nitrogens with two attached hydrogens (primary N) is 1. The molecule has 1 aromatic carbocycles. The average molecular weight is 397 g/mol. The fraction of sp³-hybridized carbons (Fsp3) is 0.312. The Morgan fingerprint density at radius 1 is 1.48 bits per heavy atom. The van der Waals surface area contributed by atoms with Gasteiger partial charge in [0.25, 0.3) is 0 Å². The predicted octanol–water partition coefficient (Wildman–Crippen LogP) is 0.505. The number of phenols is 1. The smallest absolute Gasteiger partial charge is 0.351 e. The number of benzene rings is 1. The number of aliphatic hydroxyl groups excluding tert-OH is 1. The van der Waals surface area contributed by atoms with Crippen LogP contribution >= 0.6 is 11.8 Å². The SMILES string of the molecule is COc1cccc(C(=O)O)c1O.Nc1ccn([C@@H]2CS[C@H](CO)O2)c(=O)n1. The fourth-order valence-electron chi connectivity index (χ4n) is 2.19. The van der Waals surface area contributed by atoms with Crippen molar-refractivity contribution in [2.24, 2.45) is 0 Å². The number of carboxylic acid groups (broad SMARTS) is 1. The van der Waals surface area contributed by atoms with E-state index in [0.29, 0.717) is 5.75 Å². The lowest BCUT2D eigenvalue weighted by atomic mass is 10.2. The van der Waals surface area contributed by atoms with Gasteiger partial charge in [0.1, 0.15) is 23.0 Å². The Balaban J connectivity index is 0.000000199. The fourth-order valence-corrected chi connectivity index (χ4v) is 3.12. The number of hydrogen-bond acceptors (Lipinski definition) is 9. The van der Waals surface area contributed by atoms with Crippen molar-refractivity contribution >= 4 is 23.5 Å². The van der Waals surface area contributed by atoms with Gasteiger partial charge in [-0.05, 0) is 18.2 Å². The van der Waals surface area contributed by atoms with Crippen molar-refractivity contribution in [3.05, 3.63) is 46.5 Å². The maximum absolute atomic E-state index is 11.4. The van der Waals surface area contributed by atoms with Gasteiger partial charge in [0.05, 0.1) is 13.7 Å². The number of rotatable bonds is 4. The third-order valence-electron chi connectivity index (χ3n) is 3.49. The third kappa shape index (κ3) is 5.12. The second-order valence-electron chi connectivity index (χ2n) is 5.24. The monoisotopic (exact) mass is 397 g/mol. The molecular formula is C16H19N3O7S. The molecule has 0 bridgehead atoms. The number of aromatic carboxylic acids is 1. The van der Waals surface area contributed by atoms with Crippen LogP contribution in [0.15, 0.2) is 35.3 Å². The molecule has 3 rings (SSSR count). The van der Waals surface area contributed by atoms with Crippen molar-refractivity contribution in [1.29, 1.82) is 0 Å². The number of nitrogens with zero attached hydrogens (tertiary/aromatic N) is 2. The first-order chi connectivity index (χ1) is 12.9. The molecule has 1 saturated heterocycles. The van der Waals surface area contributed by atoms with Crippen LogP contribution in [0.1, 0.15) is 16.6 Å². The molecule has 0 radical (unpaired) electrons. The molecule has 1 aliphatic rings. The molecule has 2 atom stereocenters. The largest absolute Gasteiger partial charge is 0.504 e. The summed E-state index contributed by atoms with van der Waals surface area (Å²) >= 11 is 1.47. The summed E-state index contributed by atoms with van der Waals surface area (Å²) in [5.41, 5.74) is 4.52. The van der Waals surface area contributed by atoms with Crippen molar-refractivity contribution in [2.75, 3.05) is 25.2 Å². The zero-order valence-electron chi connectivity index (χ0n) is 14.3. The minimum atomic E-state index is -1.17. The maximum atomic E-state index is 11.4. The molecule has 11 heteroatoms. The van der Waals surface area contributed by atoms with Gasteiger partial charge in [0, 0.05) is 11.9 Å². The van der Waals surface area contributed by atoms with Crippen LogP contribution in [-0.2, 0) is 4.74 Å². The summed E-state index contributed by atoms with van der Waals surface area (Å²) in [6.45, 7) is -0.0572. The molecule has 0 spiro atoms. The van der Waals surface area contributed by atoms with Crippen LogP contribution in [0.2, 0.25) is 0 Å². The van der Waals surface area contributed by atoms with Crippen molar-refractivity contribution in [2.45, 2.75) is 11.7 Å². The van der Waals surface area contributed by atoms with Gasteiger partial charge in [-0.15, -0.1) is 11.8 Å². The number of aliphatic hydroxyl groups is 1. The summed E-state index contributed by atoms with van der Waals surface area (Å²) in [4.78, 5) is 25.5. The molecule has 5 N–H and O–H groups in total. The quantitative estimate of drug-likeness (QED) is 0.573. The van der Waals surface area contributed by atoms with Gasteiger partial charge in [0.2, 0.25) is 0 Å². The molecule has 0 saturated carbocycles. The Bertz CT molecular complexity index is 858. The standard InChI is InChI=1S/C8H11N3O3S.C8H8O4/c9-5-1-2-11(8(13)10-5)6-4-15-7(3-12)14-6;1-12-6-4-2-3-5(7(6)9)8(10)11/h1-2,6-7,12H,3-4H2,(H2,9,10,13);2-4,9H,1H3,(H,10,11)/t6-,7+;/m0./s1. The molecule has 27 heavy (non-hydrogen) atoms. The van der Waals surface area contributed by atoms with Crippen LogP contribution in [0.3, 0.4) is 0 Å². The Kier molecular flexibility index (Phi) is 7.05. The van der Waals surface area contributed by atoms with Gasteiger partial charge in [-0.1, -0.05) is 6.07 Å². The van der Waals surface area contributed by atoms with Gasteiger partial charge >= 0.3 is 11.7 Å². The lowest BCUT2D eigenvalue weighted by Gasteiger charge is -2.13. The van der Waals surface area contributed by atoms with Crippen LogP contribution in [0, 0.1) is 0 Å². The van der Waals surface area contributed by atoms with Crippen LogP contribution < -0.4 is 16.2 Å². The van der Waals surface area contributed by atoms with Crippen molar-refractivity contribution in [1.82, 2.24) is 9.55 Å². The van der Waals surface area contributed by atoms with E-state index in [-0.39, 0.29) is 41.2 Å². The number of ether oxygens (including phenoxy) is 2. The zero-order valence-corrected chi connectivity index (χ0v) is 15.1. The number of para-hydroxylation sites is 1. The molecule has 0 aliphatic carbocycles. The zero-order chi connectivity index (χ0) is 20.0. The van der Waals surface area contributed by atoms with Crippen molar-refractivity contribution in [3.8, 4) is 11.5 Å². The normalized spacial score (nSPS) is 18.4. The third-order valence-corrected chi connectivity index (χ3v) is 4.60. The number of aromatic hydroxyl groups is 1. The summed E-state index contributed by atoms with van der Waals surface area (Å²) in [6.07, 6.45) is 1.18. The average Bonchev–Trinajstić information content (AvgIpc) is 3.11. The molecule has 1 aromatic heterocycles. The number of hydrogen-bond donors (Lipinski definition) is 4. The number of anilines is 1. The van der Waals surface area contributed by atoms with E-state index in [9.17, 15) is 14.7 Å². The molecule has 10 nitrogen and oxygen atoms in total. The number of thioether (sulfide) groups is 1. The van der Waals surface area contributed by atoms with E-state index in [1.165, 1.54) is 41.6 Å².